The van der Waals surface area contributed by atoms with Crippen molar-refractivity contribution in [2.45, 2.75) is 18.4 Å². The standard InChI is InChI=1S/C12H14N4O4S/c1-8-11(5-10(6-14-8)21(13,18)19)12(17)16(2)7-9-3-4-20-15-9/h3-6H,7H2,1-2H3,(H2,13,18,19). The number of carbonyl (C=O) groups is 1. The van der Waals surface area contributed by atoms with Crippen molar-refractivity contribution in [1.29, 1.82) is 0 Å². The molecule has 0 unspecified atom stereocenters. The first-order valence-electron chi connectivity index (χ1n) is 5.93. The van der Waals surface area contributed by atoms with Crippen LogP contribution in [-0.2, 0) is 16.6 Å². The highest BCUT2D eigenvalue weighted by atomic mass is 32.2. The molecule has 0 saturated heterocycles. The molecule has 21 heavy (non-hydrogen) atoms. The number of pyridine rings is 1. The quantitative estimate of drug-likeness (QED) is 0.867. The van der Waals surface area contributed by atoms with E-state index in [0.29, 0.717) is 11.4 Å². The smallest absolute Gasteiger partial charge is 0.255 e. The molecular formula is C12H14N4O4S. The van der Waals surface area contributed by atoms with E-state index in [-0.39, 0.29) is 22.9 Å². The molecule has 0 radical (unpaired) electrons. The van der Waals surface area contributed by atoms with Gasteiger partial charge in [0.2, 0.25) is 10.0 Å². The third-order valence-electron chi connectivity index (χ3n) is 2.86. The lowest BCUT2D eigenvalue weighted by Crippen LogP contribution is -2.27. The van der Waals surface area contributed by atoms with Crippen molar-refractivity contribution in [3.8, 4) is 0 Å². The third-order valence-corrected chi connectivity index (χ3v) is 3.74. The number of aryl methyl sites for hydroxylation is 1. The number of sulfonamides is 1. The van der Waals surface area contributed by atoms with Crippen LogP contribution >= 0.6 is 0 Å². The van der Waals surface area contributed by atoms with Crippen LogP contribution in [0.5, 0.6) is 0 Å². The Balaban J connectivity index is 2.30. The van der Waals surface area contributed by atoms with E-state index in [2.05, 4.69) is 10.1 Å². The predicted octanol–water partition coefficient (Wildman–Crippen LogP) is 0.298. The van der Waals surface area contributed by atoms with Gasteiger partial charge in [-0.1, -0.05) is 5.16 Å². The lowest BCUT2D eigenvalue weighted by atomic mass is 10.2. The van der Waals surface area contributed by atoms with Gasteiger partial charge in [-0.3, -0.25) is 9.78 Å². The summed E-state index contributed by atoms with van der Waals surface area (Å²) in [4.78, 5) is 17.4. The molecule has 1 amide bonds. The first-order valence-corrected chi connectivity index (χ1v) is 7.48. The van der Waals surface area contributed by atoms with Crippen LogP contribution in [0.25, 0.3) is 0 Å². The monoisotopic (exact) mass is 310 g/mol. The highest BCUT2D eigenvalue weighted by Gasteiger charge is 2.19. The molecule has 0 aliphatic heterocycles. The Morgan fingerprint density at radius 1 is 1.48 bits per heavy atom. The fourth-order valence-corrected chi connectivity index (χ4v) is 2.21. The van der Waals surface area contributed by atoms with Crippen molar-refractivity contribution in [3.05, 3.63) is 41.5 Å². The van der Waals surface area contributed by atoms with E-state index in [9.17, 15) is 13.2 Å². The van der Waals surface area contributed by atoms with Gasteiger partial charge in [0, 0.05) is 19.3 Å². The van der Waals surface area contributed by atoms with E-state index in [1.807, 2.05) is 0 Å². The molecule has 0 aliphatic carbocycles. The van der Waals surface area contributed by atoms with Crippen LogP contribution in [0.3, 0.4) is 0 Å². The number of primary sulfonamides is 1. The minimum Gasteiger partial charge on any atom is -0.364 e. The molecule has 2 aromatic rings. The molecule has 0 aromatic carbocycles. The number of nitrogens with two attached hydrogens (primary N) is 1. The van der Waals surface area contributed by atoms with E-state index in [1.165, 1.54) is 17.2 Å². The van der Waals surface area contributed by atoms with Gasteiger partial charge in [0.1, 0.15) is 16.9 Å². The summed E-state index contributed by atoms with van der Waals surface area (Å²) in [6.07, 6.45) is 2.53. The van der Waals surface area contributed by atoms with Gasteiger partial charge >= 0.3 is 0 Å². The van der Waals surface area contributed by atoms with Gasteiger partial charge in [-0.05, 0) is 13.0 Å². The molecule has 2 heterocycles. The summed E-state index contributed by atoms with van der Waals surface area (Å²) in [6.45, 7) is 1.85. The summed E-state index contributed by atoms with van der Waals surface area (Å²) in [6, 6.07) is 2.86. The zero-order chi connectivity index (χ0) is 15.6. The van der Waals surface area contributed by atoms with E-state index in [0.717, 1.165) is 6.20 Å². The van der Waals surface area contributed by atoms with E-state index in [4.69, 9.17) is 9.66 Å². The molecule has 0 fully saturated rings. The highest BCUT2D eigenvalue weighted by Crippen LogP contribution is 2.14. The molecule has 2 rings (SSSR count). The third kappa shape index (κ3) is 3.44. The van der Waals surface area contributed by atoms with E-state index >= 15 is 0 Å². The molecule has 2 N–H and O–H groups in total. The van der Waals surface area contributed by atoms with Crippen LogP contribution < -0.4 is 5.14 Å². The van der Waals surface area contributed by atoms with Crippen LogP contribution in [0.2, 0.25) is 0 Å². The molecule has 0 saturated carbocycles. The van der Waals surface area contributed by atoms with E-state index in [1.54, 1.807) is 20.0 Å². The van der Waals surface area contributed by atoms with Crippen molar-refractivity contribution >= 4 is 15.9 Å². The van der Waals surface area contributed by atoms with Crippen LogP contribution in [0, 0.1) is 6.92 Å². The maximum atomic E-state index is 12.4. The first kappa shape index (κ1) is 15.1. The predicted molar refractivity (Wildman–Crippen MR) is 72.6 cm³/mol. The lowest BCUT2D eigenvalue weighted by Gasteiger charge is -2.17. The van der Waals surface area contributed by atoms with Gasteiger partial charge < -0.3 is 9.42 Å². The normalized spacial score (nSPS) is 11.4. The second-order valence-corrected chi connectivity index (χ2v) is 6.06. The van der Waals surface area contributed by atoms with Crippen LogP contribution in [0.4, 0.5) is 0 Å². The molecule has 0 aliphatic rings. The maximum Gasteiger partial charge on any atom is 0.255 e. The topological polar surface area (TPSA) is 119 Å². The minimum atomic E-state index is -3.91. The number of carbonyl (C=O) groups excluding carboxylic acids is 1. The van der Waals surface area contributed by atoms with Gasteiger partial charge in [-0.25, -0.2) is 13.6 Å². The van der Waals surface area contributed by atoms with Gasteiger partial charge in [0.05, 0.1) is 17.8 Å². The number of nitrogens with zero attached hydrogens (tertiary/aromatic N) is 3. The number of aromatic nitrogens is 2. The Kier molecular flexibility index (Phi) is 4.05. The Labute approximate surface area is 121 Å². The maximum absolute atomic E-state index is 12.4. The molecule has 0 atom stereocenters. The fourth-order valence-electron chi connectivity index (χ4n) is 1.73. The summed E-state index contributed by atoms with van der Waals surface area (Å²) in [5.41, 5.74) is 1.17. The molecule has 0 spiro atoms. The highest BCUT2D eigenvalue weighted by molar-refractivity contribution is 7.89. The Morgan fingerprint density at radius 2 is 2.19 bits per heavy atom. The molecule has 9 heteroatoms. The summed E-state index contributed by atoms with van der Waals surface area (Å²) in [5, 5.41) is 8.76. The first-order chi connectivity index (χ1) is 9.79. The Bertz CT molecular complexity index is 756. The molecule has 0 bridgehead atoms. The van der Waals surface area contributed by atoms with Crippen LogP contribution in [0.1, 0.15) is 21.7 Å². The number of rotatable bonds is 4. The van der Waals surface area contributed by atoms with Gasteiger partial charge in [0.25, 0.3) is 5.91 Å². The minimum absolute atomic E-state index is 0.174. The van der Waals surface area contributed by atoms with E-state index < -0.39 is 10.0 Å². The second-order valence-electron chi connectivity index (χ2n) is 4.50. The number of hydrogen-bond donors (Lipinski definition) is 1. The fraction of sp³-hybridized carbons (Fsp3) is 0.250. The molecule has 8 nitrogen and oxygen atoms in total. The zero-order valence-electron chi connectivity index (χ0n) is 11.5. The van der Waals surface area contributed by atoms with Crippen molar-refractivity contribution < 1.29 is 17.7 Å². The molecular weight excluding hydrogens is 296 g/mol. The Morgan fingerprint density at radius 3 is 2.76 bits per heavy atom. The van der Waals surface area contributed by atoms with Gasteiger partial charge in [-0.2, -0.15) is 0 Å². The Hall–Kier alpha value is -2.26. The van der Waals surface area contributed by atoms with Crippen molar-refractivity contribution in [3.63, 3.8) is 0 Å². The number of hydrogen-bond acceptors (Lipinski definition) is 6. The van der Waals surface area contributed by atoms with Gasteiger partial charge in [-0.15, -0.1) is 0 Å². The zero-order valence-corrected chi connectivity index (χ0v) is 12.3. The van der Waals surface area contributed by atoms with Crippen molar-refractivity contribution in [2.24, 2.45) is 5.14 Å². The SMILES string of the molecule is Cc1ncc(S(N)(=O)=O)cc1C(=O)N(C)Cc1ccon1. The van der Waals surface area contributed by atoms with Crippen LogP contribution in [0.15, 0.2) is 34.0 Å². The van der Waals surface area contributed by atoms with Crippen molar-refractivity contribution in [1.82, 2.24) is 15.0 Å². The lowest BCUT2D eigenvalue weighted by molar-refractivity contribution is 0.0780. The summed E-state index contributed by atoms with van der Waals surface area (Å²) < 4.78 is 27.4. The number of amides is 1. The van der Waals surface area contributed by atoms with Crippen molar-refractivity contribution in [2.75, 3.05) is 7.05 Å². The summed E-state index contributed by atoms with van der Waals surface area (Å²) in [5.74, 6) is -0.381. The average molecular weight is 310 g/mol. The summed E-state index contributed by atoms with van der Waals surface area (Å²) >= 11 is 0. The van der Waals surface area contributed by atoms with Gasteiger partial charge in [0.15, 0.2) is 0 Å². The largest absolute Gasteiger partial charge is 0.364 e. The molecule has 112 valence electrons. The summed E-state index contributed by atoms with van der Waals surface area (Å²) in [7, 11) is -2.34. The average Bonchev–Trinajstić information content (AvgIpc) is 2.90. The second kappa shape index (κ2) is 5.62. The van der Waals surface area contributed by atoms with Crippen LogP contribution in [-0.4, -0.2) is 36.4 Å². The molecule has 2 aromatic heterocycles.